The maximum absolute atomic E-state index is 11.1. The number of anilines is 2. The third-order valence-electron chi connectivity index (χ3n) is 1.59. The highest BCUT2D eigenvalue weighted by molar-refractivity contribution is 5.80. The number of amides is 1. The Balaban J connectivity index is 2.46. The Morgan fingerprint density at radius 2 is 2.20 bits per heavy atom. The van der Waals surface area contributed by atoms with E-state index >= 15 is 0 Å². The lowest BCUT2D eigenvalue weighted by atomic mass is 10.5. The van der Waals surface area contributed by atoms with E-state index in [4.69, 9.17) is 5.84 Å². The first-order valence-corrected chi connectivity index (χ1v) is 4.55. The molecule has 1 aromatic rings. The molecule has 1 aromatic heterocycles. The number of aromatic nitrogens is 2. The Morgan fingerprint density at radius 3 is 2.87 bits per heavy atom. The van der Waals surface area contributed by atoms with Gasteiger partial charge in [0.25, 0.3) is 0 Å². The standard InChI is InChI=1S/C8H14N6O/c1-2-11-8(15)5-12-6-3-10-4-7(13-6)14-9/h3-4H,2,5,9H2,1H3,(H,11,15)(H2,12,13,14). The van der Waals surface area contributed by atoms with Crippen LogP contribution in [0.5, 0.6) is 0 Å². The van der Waals surface area contributed by atoms with Crippen molar-refractivity contribution in [3.05, 3.63) is 12.4 Å². The summed E-state index contributed by atoms with van der Waals surface area (Å²) in [4.78, 5) is 19.0. The monoisotopic (exact) mass is 210 g/mol. The van der Waals surface area contributed by atoms with E-state index in [-0.39, 0.29) is 12.5 Å². The van der Waals surface area contributed by atoms with Crippen LogP contribution in [0.1, 0.15) is 6.92 Å². The van der Waals surface area contributed by atoms with Crippen LogP contribution in [0.3, 0.4) is 0 Å². The van der Waals surface area contributed by atoms with Crippen molar-refractivity contribution in [2.75, 3.05) is 23.8 Å². The number of carbonyl (C=O) groups is 1. The maximum atomic E-state index is 11.1. The van der Waals surface area contributed by atoms with Gasteiger partial charge in [-0.05, 0) is 6.92 Å². The largest absolute Gasteiger partial charge is 0.360 e. The van der Waals surface area contributed by atoms with E-state index in [1.54, 1.807) is 0 Å². The van der Waals surface area contributed by atoms with E-state index in [0.29, 0.717) is 18.2 Å². The van der Waals surface area contributed by atoms with Gasteiger partial charge < -0.3 is 16.1 Å². The number of likely N-dealkylation sites (N-methyl/N-ethyl adjacent to an activating group) is 1. The molecule has 0 unspecified atom stereocenters. The number of nitrogens with two attached hydrogens (primary N) is 1. The number of nitrogen functional groups attached to an aromatic ring is 1. The van der Waals surface area contributed by atoms with E-state index in [2.05, 4.69) is 26.0 Å². The van der Waals surface area contributed by atoms with Crippen molar-refractivity contribution >= 4 is 17.5 Å². The Hall–Kier alpha value is -1.89. The number of nitrogens with zero attached hydrogens (tertiary/aromatic N) is 2. The van der Waals surface area contributed by atoms with Gasteiger partial charge in [-0.15, -0.1) is 0 Å². The van der Waals surface area contributed by atoms with Gasteiger partial charge >= 0.3 is 0 Å². The third kappa shape index (κ3) is 3.77. The summed E-state index contributed by atoms with van der Waals surface area (Å²) in [7, 11) is 0. The molecular formula is C8H14N6O. The van der Waals surface area contributed by atoms with Gasteiger partial charge in [-0.3, -0.25) is 9.78 Å². The minimum atomic E-state index is -0.0922. The molecule has 0 atom stereocenters. The summed E-state index contributed by atoms with van der Waals surface area (Å²) < 4.78 is 0. The lowest BCUT2D eigenvalue weighted by Gasteiger charge is -2.06. The maximum Gasteiger partial charge on any atom is 0.239 e. The van der Waals surface area contributed by atoms with Crippen LogP contribution in [0.25, 0.3) is 0 Å². The Kier molecular flexibility index (Phi) is 4.30. The highest BCUT2D eigenvalue weighted by Crippen LogP contribution is 2.03. The molecule has 0 aliphatic carbocycles. The molecule has 0 radical (unpaired) electrons. The van der Waals surface area contributed by atoms with Crippen molar-refractivity contribution in [2.24, 2.45) is 5.84 Å². The van der Waals surface area contributed by atoms with Gasteiger partial charge in [0.2, 0.25) is 5.91 Å². The average Bonchev–Trinajstić information content (AvgIpc) is 2.27. The predicted octanol–water partition coefficient (Wildman–Crippen LogP) is -0.690. The first kappa shape index (κ1) is 11.2. The number of hydrogen-bond donors (Lipinski definition) is 4. The topological polar surface area (TPSA) is 105 Å². The lowest BCUT2D eigenvalue weighted by Crippen LogP contribution is -2.29. The SMILES string of the molecule is CCNC(=O)CNc1cncc(NN)n1. The van der Waals surface area contributed by atoms with Crippen LogP contribution in [-0.2, 0) is 4.79 Å². The van der Waals surface area contributed by atoms with Crippen LogP contribution in [-0.4, -0.2) is 29.0 Å². The molecule has 15 heavy (non-hydrogen) atoms. The molecule has 0 aliphatic heterocycles. The zero-order valence-corrected chi connectivity index (χ0v) is 8.45. The lowest BCUT2D eigenvalue weighted by molar-refractivity contribution is -0.119. The predicted molar refractivity (Wildman–Crippen MR) is 57.0 cm³/mol. The van der Waals surface area contributed by atoms with E-state index in [1.165, 1.54) is 12.4 Å². The molecule has 0 bridgehead atoms. The van der Waals surface area contributed by atoms with Crippen molar-refractivity contribution in [1.82, 2.24) is 15.3 Å². The van der Waals surface area contributed by atoms with Gasteiger partial charge in [0.1, 0.15) is 5.82 Å². The summed E-state index contributed by atoms with van der Waals surface area (Å²) in [5.74, 6) is 6.01. The molecule has 1 amide bonds. The molecule has 0 aromatic carbocycles. The number of hydrogen-bond acceptors (Lipinski definition) is 6. The number of carbonyl (C=O) groups excluding carboxylic acids is 1. The van der Waals surface area contributed by atoms with Crippen molar-refractivity contribution in [1.29, 1.82) is 0 Å². The molecule has 0 aliphatic rings. The van der Waals surface area contributed by atoms with E-state index < -0.39 is 0 Å². The Bertz CT molecular complexity index is 329. The first-order chi connectivity index (χ1) is 7.26. The molecule has 0 spiro atoms. The number of nitrogens with one attached hydrogen (secondary N) is 3. The number of rotatable bonds is 5. The van der Waals surface area contributed by atoms with Crippen molar-refractivity contribution in [2.45, 2.75) is 6.92 Å². The molecule has 0 saturated heterocycles. The fraction of sp³-hybridized carbons (Fsp3) is 0.375. The van der Waals surface area contributed by atoms with Crippen molar-refractivity contribution in [3.8, 4) is 0 Å². The molecule has 1 rings (SSSR count). The van der Waals surface area contributed by atoms with Crippen molar-refractivity contribution in [3.63, 3.8) is 0 Å². The van der Waals surface area contributed by atoms with Gasteiger partial charge in [-0.2, -0.15) is 0 Å². The smallest absolute Gasteiger partial charge is 0.239 e. The van der Waals surface area contributed by atoms with Gasteiger partial charge in [0.05, 0.1) is 18.9 Å². The van der Waals surface area contributed by atoms with Gasteiger partial charge in [-0.25, -0.2) is 10.8 Å². The average molecular weight is 210 g/mol. The molecule has 0 saturated carbocycles. The van der Waals surface area contributed by atoms with Crippen LogP contribution in [0, 0.1) is 0 Å². The first-order valence-electron chi connectivity index (χ1n) is 4.55. The second-order valence-corrected chi connectivity index (χ2v) is 2.74. The fourth-order valence-corrected chi connectivity index (χ4v) is 0.951. The Morgan fingerprint density at radius 1 is 1.47 bits per heavy atom. The second-order valence-electron chi connectivity index (χ2n) is 2.74. The van der Waals surface area contributed by atoms with E-state index in [9.17, 15) is 4.79 Å². The normalized spacial score (nSPS) is 9.47. The quantitative estimate of drug-likeness (QED) is 0.379. The second kappa shape index (κ2) is 5.76. The summed E-state index contributed by atoms with van der Waals surface area (Å²) in [5, 5.41) is 5.48. The highest BCUT2D eigenvalue weighted by Gasteiger charge is 2.00. The number of hydrazine groups is 1. The summed E-state index contributed by atoms with van der Waals surface area (Å²) in [6.07, 6.45) is 3.00. The van der Waals surface area contributed by atoms with Crippen LogP contribution in [0.15, 0.2) is 12.4 Å². The fourth-order valence-electron chi connectivity index (χ4n) is 0.951. The van der Waals surface area contributed by atoms with E-state index in [1.807, 2.05) is 6.92 Å². The zero-order chi connectivity index (χ0) is 11.1. The summed E-state index contributed by atoms with van der Waals surface area (Å²) in [6.45, 7) is 2.63. The summed E-state index contributed by atoms with van der Waals surface area (Å²) in [6, 6.07) is 0. The molecule has 7 nitrogen and oxygen atoms in total. The highest BCUT2D eigenvalue weighted by atomic mass is 16.1. The minimum Gasteiger partial charge on any atom is -0.360 e. The van der Waals surface area contributed by atoms with E-state index in [0.717, 1.165) is 0 Å². The van der Waals surface area contributed by atoms with Crippen LogP contribution >= 0.6 is 0 Å². The molecule has 7 heteroatoms. The third-order valence-corrected chi connectivity index (χ3v) is 1.59. The molecule has 5 N–H and O–H groups in total. The van der Waals surface area contributed by atoms with Gasteiger partial charge in [0, 0.05) is 6.54 Å². The van der Waals surface area contributed by atoms with Crippen molar-refractivity contribution < 1.29 is 4.79 Å². The van der Waals surface area contributed by atoms with Crippen LogP contribution in [0.2, 0.25) is 0 Å². The Labute approximate surface area is 87.5 Å². The molecule has 0 fully saturated rings. The zero-order valence-electron chi connectivity index (χ0n) is 8.45. The summed E-state index contributed by atoms with van der Waals surface area (Å²) in [5.41, 5.74) is 2.37. The molecule has 1 heterocycles. The van der Waals surface area contributed by atoms with Crippen LogP contribution in [0.4, 0.5) is 11.6 Å². The molecular weight excluding hydrogens is 196 g/mol. The molecule has 82 valence electrons. The minimum absolute atomic E-state index is 0.0922. The van der Waals surface area contributed by atoms with Crippen LogP contribution < -0.4 is 21.9 Å². The van der Waals surface area contributed by atoms with Gasteiger partial charge in [0.15, 0.2) is 5.82 Å². The van der Waals surface area contributed by atoms with Gasteiger partial charge in [-0.1, -0.05) is 0 Å². The summed E-state index contributed by atoms with van der Waals surface area (Å²) >= 11 is 0.